The zero-order valence-corrected chi connectivity index (χ0v) is 15.3. The molecular formula is C18H11FN4O2S2. The van der Waals surface area contributed by atoms with Crippen molar-refractivity contribution >= 4 is 28.8 Å². The SMILES string of the molecule is O=C(OCc1cnc(-c2cccc(F)c2)nc1)c1snnc1-c1cccs1. The van der Waals surface area contributed by atoms with Crippen molar-refractivity contribution in [2.45, 2.75) is 6.61 Å². The maximum Gasteiger partial charge on any atom is 0.352 e. The Morgan fingerprint density at radius 3 is 2.74 bits per heavy atom. The molecule has 0 saturated carbocycles. The first kappa shape index (κ1) is 17.4. The molecule has 0 radical (unpaired) electrons. The van der Waals surface area contributed by atoms with Crippen LogP contribution in [0.5, 0.6) is 0 Å². The smallest absolute Gasteiger partial charge is 0.352 e. The van der Waals surface area contributed by atoms with Crippen molar-refractivity contribution in [2.24, 2.45) is 0 Å². The molecule has 0 fully saturated rings. The third kappa shape index (κ3) is 3.88. The summed E-state index contributed by atoms with van der Waals surface area (Å²) in [5, 5.41) is 5.91. The average molecular weight is 398 g/mol. The number of thiophene rings is 1. The van der Waals surface area contributed by atoms with E-state index < -0.39 is 5.97 Å². The number of rotatable bonds is 5. The molecule has 0 aliphatic heterocycles. The molecule has 0 spiro atoms. The fraction of sp³-hybridized carbons (Fsp3) is 0.0556. The minimum atomic E-state index is -0.498. The number of esters is 1. The summed E-state index contributed by atoms with van der Waals surface area (Å²) in [6, 6.07) is 9.79. The Bertz CT molecular complexity index is 1070. The fourth-order valence-electron chi connectivity index (χ4n) is 2.32. The van der Waals surface area contributed by atoms with Crippen molar-refractivity contribution in [1.82, 2.24) is 19.6 Å². The van der Waals surface area contributed by atoms with E-state index in [1.807, 2.05) is 17.5 Å². The third-order valence-corrected chi connectivity index (χ3v) is 5.17. The Labute approximate surface area is 161 Å². The van der Waals surface area contributed by atoms with Crippen molar-refractivity contribution in [3.8, 4) is 22.0 Å². The molecule has 4 rings (SSSR count). The van der Waals surface area contributed by atoms with E-state index in [1.54, 1.807) is 24.5 Å². The number of benzene rings is 1. The van der Waals surface area contributed by atoms with E-state index >= 15 is 0 Å². The van der Waals surface area contributed by atoms with Crippen molar-refractivity contribution in [3.05, 3.63) is 70.4 Å². The van der Waals surface area contributed by atoms with Crippen LogP contribution in [0.1, 0.15) is 15.2 Å². The minimum absolute atomic E-state index is 0.0179. The standard InChI is InChI=1S/C18H11FN4O2S2/c19-13-4-1-3-12(7-13)17-20-8-11(9-21-17)10-25-18(24)16-15(22-23-27-16)14-5-2-6-26-14/h1-9H,10H2. The summed E-state index contributed by atoms with van der Waals surface area (Å²) in [7, 11) is 0. The second-order valence-electron chi connectivity index (χ2n) is 5.43. The molecule has 9 heteroatoms. The normalized spacial score (nSPS) is 10.7. The van der Waals surface area contributed by atoms with Crippen LogP contribution in [0.25, 0.3) is 22.0 Å². The minimum Gasteiger partial charge on any atom is -0.456 e. The summed E-state index contributed by atoms with van der Waals surface area (Å²) in [5.74, 6) is -0.451. The van der Waals surface area contributed by atoms with Crippen LogP contribution in [0.4, 0.5) is 4.39 Å². The zero-order valence-electron chi connectivity index (χ0n) is 13.7. The molecule has 0 atom stereocenters. The topological polar surface area (TPSA) is 77.9 Å². The highest BCUT2D eigenvalue weighted by atomic mass is 32.1. The lowest BCUT2D eigenvalue weighted by Crippen LogP contribution is -2.05. The summed E-state index contributed by atoms with van der Waals surface area (Å²) in [6.45, 7) is 0.0179. The molecule has 0 amide bonds. The third-order valence-electron chi connectivity index (χ3n) is 3.59. The lowest BCUT2D eigenvalue weighted by molar-refractivity contribution is 0.0478. The van der Waals surface area contributed by atoms with Crippen LogP contribution in [-0.2, 0) is 11.3 Å². The fourth-order valence-corrected chi connectivity index (χ4v) is 3.67. The number of nitrogens with zero attached hydrogens (tertiary/aromatic N) is 4. The van der Waals surface area contributed by atoms with Gasteiger partial charge in [0, 0.05) is 23.5 Å². The Balaban J connectivity index is 1.44. The van der Waals surface area contributed by atoms with Gasteiger partial charge in [-0.15, -0.1) is 16.4 Å². The Morgan fingerprint density at radius 1 is 1.15 bits per heavy atom. The molecule has 0 unspecified atom stereocenters. The van der Waals surface area contributed by atoms with Crippen LogP contribution in [0.15, 0.2) is 54.2 Å². The summed E-state index contributed by atoms with van der Waals surface area (Å²) in [4.78, 5) is 22.0. The first-order valence-electron chi connectivity index (χ1n) is 7.81. The number of halogens is 1. The second-order valence-corrected chi connectivity index (χ2v) is 7.13. The van der Waals surface area contributed by atoms with Crippen molar-refractivity contribution in [3.63, 3.8) is 0 Å². The maximum absolute atomic E-state index is 13.3. The monoisotopic (exact) mass is 398 g/mol. The van der Waals surface area contributed by atoms with Gasteiger partial charge in [-0.1, -0.05) is 22.7 Å². The number of aromatic nitrogens is 4. The van der Waals surface area contributed by atoms with E-state index in [0.717, 1.165) is 16.4 Å². The van der Waals surface area contributed by atoms with Gasteiger partial charge in [-0.05, 0) is 35.1 Å². The van der Waals surface area contributed by atoms with E-state index in [9.17, 15) is 9.18 Å². The number of carbonyl (C=O) groups is 1. The van der Waals surface area contributed by atoms with E-state index in [2.05, 4.69) is 19.6 Å². The molecule has 6 nitrogen and oxygen atoms in total. The molecule has 0 saturated heterocycles. The van der Waals surface area contributed by atoms with E-state index in [-0.39, 0.29) is 12.4 Å². The van der Waals surface area contributed by atoms with Crippen LogP contribution in [0.2, 0.25) is 0 Å². The molecule has 3 aromatic heterocycles. The van der Waals surface area contributed by atoms with Crippen molar-refractivity contribution < 1.29 is 13.9 Å². The number of hydrogen-bond acceptors (Lipinski definition) is 8. The van der Waals surface area contributed by atoms with Gasteiger partial charge in [0.1, 0.15) is 18.1 Å². The lowest BCUT2D eigenvalue weighted by Gasteiger charge is -2.05. The highest BCUT2D eigenvalue weighted by molar-refractivity contribution is 7.14. The van der Waals surface area contributed by atoms with Gasteiger partial charge >= 0.3 is 5.97 Å². The Morgan fingerprint density at radius 2 is 2.00 bits per heavy atom. The number of ether oxygens (including phenoxy) is 1. The van der Waals surface area contributed by atoms with Crippen LogP contribution < -0.4 is 0 Å². The van der Waals surface area contributed by atoms with Crippen LogP contribution >= 0.6 is 22.9 Å². The lowest BCUT2D eigenvalue weighted by atomic mass is 10.2. The summed E-state index contributed by atoms with van der Waals surface area (Å²) < 4.78 is 22.5. The molecule has 3 heterocycles. The van der Waals surface area contributed by atoms with Gasteiger partial charge in [-0.3, -0.25) is 0 Å². The van der Waals surface area contributed by atoms with Crippen molar-refractivity contribution in [2.75, 3.05) is 0 Å². The quantitative estimate of drug-likeness (QED) is 0.469. The highest BCUT2D eigenvalue weighted by Crippen LogP contribution is 2.28. The van der Waals surface area contributed by atoms with Gasteiger partial charge < -0.3 is 4.74 Å². The number of carbonyl (C=O) groups excluding carboxylic acids is 1. The molecule has 0 bridgehead atoms. The van der Waals surface area contributed by atoms with Gasteiger partial charge in [-0.2, -0.15) is 0 Å². The summed E-state index contributed by atoms with van der Waals surface area (Å²) in [5.41, 5.74) is 1.73. The second kappa shape index (κ2) is 7.68. The molecule has 4 aromatic rings. The predicted molar refractivity (Wildman–Crippen MR) is 99.8 cm³/mol. The molecule has 0 aliphatic rings. The van der Waals surface area contributed by atoms with Gasteiger partial charge in [0.25, 0.3) is 0 Å². The van der Waals surface area contributed by atoms with E-state index in [1.165, 1.54) is 23.5 Å². The largest absolute Gasteiger partial charge is 0.456 e. The molecule has 27 heavy (non-hydrogen) atoms. The Hall–Kier alpha value is -3.04. The van der Waals surface area contributed by atoms with Crippen LogP contribution in [-0.4, -0.2) is 25.5 Å². The zero-order chi connectivity index (χ0) is 18.6. The average Bonchev–Trinajstić information content (AvgIpc) is 3.37. The van der Waals surface area contributed by atoms with Crippen LogP contribution in [0.3, 0.4) is 0 Å². The molecule has 0 N–H and O–H groups in total. The Kier molecular flexibility index (Phi) is 4.95. The first-order chi connectivity index (χ1) is 13.2. The highest BCUT2D eigenvalue weighted by Gasteiger charge is 2.20. The van der Waals surface area contributed by atoms with Gasteiger partial charge in [-0.25, -0.2) is 19.2 Å². The van der Waals surface area contributed by atoms with Crippen LogP contribution in [0, 0.1) is 5.82 Å². The molecule has 0 aliphatic carbocycles. The van der Waals surface area contributed by atoms with Gasteiger partial charge in [0.05, 0.1) is 4.88 Å². The van der Waals surface area contributed by atoms with Gasteiger partial charge in [0.15, 0.2) is 10.7 Å². The molecular weight excluding hydrogens is 387 g/mol. The van der Waals surface area contributed by atoms with Gasteiger partial charge in [0.2, 0.25) is 0 Å². The molecule has 134 valence electrons. The summed E-state index contributed by atoms with van der Waals surface area (Å²) in [6.07, 6.45) is 3.09. The molecule has 1 aromatic carbocycles. The predicted octanol–water partition coefficient (Wildman–Crippen LogP) is 4.22. The van der Waals surface area contributed by atoms with E-state index in [4.69, 9.17) is 4.74 Å². The summed E-state index contributed by atoms with van der Waals surface area (Å²) >= 11 is 2.47. The number of hydrogen-bond donors (Lipinski definition) is 0. The van der Waals surface area contributed by atoms with Crippen molar-refractivity contribution in [1.29, 1.82) is 0 Å². The van der Waals surface area contributed by atoms with E-state index in [0.29, 0.717) is 27.5 Å². The maximum atomic E-state index is 13.3. The first-order valence-corrected chi connectivity index (χ1v) is 9.46.